The lowest BCUT2D eigenvalue weighted by Crippen LogP contribution is -2.34. The molecule has 5 heteroatoms. The van der Waals surface area contributed by atoms with Gasteiger partial charge in [-0.1, -0.05) is 29.8 Å². The largest absolute Gasteiger partial charge is 0.325 e. The molecule has 2 N–H and O–H groups in total. The molecule has 0 radical (unpaired) electrons. The molecular formula is C14H17ClN2S2. The van der Waals surface area contributed by atoms with Gasteiger partial charge in [0.2, 0.25) is 0 Å². The van der Waals surface area contributed by atoms with Gasteiger partial charge in [0, 0.05) is 28.0 Å². The van der Waals surface area contributed by atoms with Crippen LogP contribution in [-0.2, 0) is 5.75 Å². The lowest BCUT2D eigenvalue weighted by molar-refractivity contribution is 0.591. The van der Waals surface area contributed by atoms with Crippen molar-refractivity contribution in [2.75, 3.05) is 5.75 Å². The summed E-state index contributed by atoms with van der Waals surface area (Å²) in [6.45, 7) is 4.08. The van der Waals surface area contributed by atoms with Crippen LogP contribution in [0.3, 0.4) is 0 Å². The summed E-state index contributed by atoms with van der Waals surface area (Å²) in [5.74, 6) is 1.81. The van der Waals surface area contributed by atoms with Gasteiger partial charge in [0.15, 0.2) is 0 Å². The Labute approximate surface area is 127 Å². The van der Waals surface area contributed by atoms with E-state index in [1.165, 1.54) is 0 Å². The van der Waals surface area contributed by atoms with E-state index in [0.717, 1.165) is 32.8 Å². The maximum absolute atomic E-state index is 6.18. The Kier molecular flexibility index (Phi) is 4.90. The molecule has 0 aliphatic rings. The van der Waals surface area contributed by atoms with Crippen LogP contribution in [-0.4, -0.2) is 16.3 Å². The molecular weight excluding hydrogens is 296 g/mol. The number of nitrogens with zero attached hydrogens (tertiary/aromatic N) is 1. The molecule has 2 aromatic rings. The van der Waals surface area contributed by atoms with E-state index in [1.54, 1.807) is 11.3 Å². The SMILES string of the molecule is CC(C)(N)CSCc1csc(-c2ccccc2Cl)n1. The second kappa shape index (κ2) is 6.27. The zero-order chi connectivity index (χ0) is 13.9. The normalized spacial score (nSPS) is 11.8. The van der Waals surface area contributed by atoms with Crippen molar-refractivity contribution in [3.8, 4) is 10.6 Å². The van der Waals surface area contributed by atoms with Crippen LogP contribution in [0.4, 0.5) is 0 Å². The Balaban J connectivity index is 2.02. The molecule has 1 heterocycles. The fourth-order valence-corrected chi connectivity index (χ4v) is 3.78. The number of thioether (sulfide) groups is 1. The summed E-state index contributed by atoms with van der Waals surface area (Å²) >= 11 is 9.62. The summed E-state index contributed by atoms with van der Waals surface area (Å²) in [5.41, 5.74) is 7.92. The van der Waals surface area contributed by atoms with Gasteiger partial charge >= 0.3 is 0 Å². The van der Waals surface area contributed by atoms with Crippen molar-refractivity contribution < 1.29 is 0 Å². The van der Waals surface area contributed by atoms with E-state index >= 15 is 0 Å². The van der Waals surface area contributed by atoms with Crippen molar-refractivity contribution in [2.45, 2.75) is 25.1 Å². The minimum atomic E-state index is -0.133. The zero-order valence-corrected chi connectivity index (χ0v) is 13.4. The monoisotopic (exact) mass is 312 g/mol. The van der Waals surface area contributed by atoms with Gasteiger partial charge in [0.25, 0.3) is 0 Å². The Morgan fingerprint density at radius 2 is 2.11 bits per heavy atom. The number of aromatic nitrogens is 1. The molecule has 102 valence electrons. The Bertz CT molecular complexity index is 546. The van der Waals surface area contributed by atoms with Crippen LogP contribution in [0, 0.1) is 0 Å². The molecule has 0 aliphatic heterocycles. The van der Waals surface area contributed by atoms with Crippen molar-refractivity contribution in [1.29, 1.82) is 0 Å². The van der Waals surface area contributed by atoms with Crippen LogP contribution < -0.4 is 5.73 Å². The van der Waals surface area contributed by atoms with Gasteiger partial charge in [-0.15, -0.1) is 11.3 Å². The fourth-order valence-electron chi connectivity index (χ4n) is 1.55. The maximum Gasteiger partial charge on any atom is 0.125 e. The van der Waals surface area contributed by atoms with Crippen molar-refractivity contribution in [3.05, 3.63) is 40.4 Å². The third-order valence-electron chi connectivity index (χ3n) is 2.38. The quantitative estimate of drug-likeness (QED) is 0.887. The molecule has 0 saturated heterocycles. The molecule has 0 saturated carbocycles. The van der Waals surface area contributed by atoms with Crippen LogP contribution in [0.2, 0.25) is 5.02 Å². The Hall–Kier alpha value is -0.550. The topological polar surface area (TPSA) is 38.9 Å². The van der Waals surface area contributed by atoms with Gasteiger partial charge in [-0.05, 0) is 19.9 Å². The Morgan fingerprint density at radius 3 is 2.79 bits per heavy atom. The highest BCUT2D eigenvalue weighted by atomic mass is 35.5. The van der Waals surface area contributed by atoms with E-state index < -0.39 is 0 Å². The molecule has 0 spiro atoms. The number of hydrogen-bond acceptors (Lipinski definition) is 4. The number of hydrogen-bond donors (Lipinski definition) is 1. The van der Waals surface area contributed by atoms with E-state index in [2.05, 4.69) is 10.4 Å². The predicted molar refractivity (Wildman–Crippen MR) is 87.0 cm³/mol. The molecule has 0 bridgehead atoms. The summed E-state index contributed by atoms with van der Waals surface area (Å²) < 4.78 is 0. The first-order chi connectivity index (χ1) is 8.96. The highest BCUT2D eigenvalue weighted by Crippen LogP contribution is 2.31. The van der Waals surface area contributed by atoms with Crippen molar-refractivity contribution >= 4 is 34.7 Å². The molecule has 2 nitrogen and oxygen atoms in total. The van der Waals surface area contributed by atoms with Crippen molar-refractivity contribution in [2.24, 2.45) is 5.73 Å². The number of thiazole rings is 1. The van der Waals surface area contributed by atoms with Crippen LogP contribution in [0.15, 0.2) is 29.6 Å². The highest BCUT2D eigenvalue weighted by Gasteiger charge is 2.12. The summed E-state index contributed by atoms with van der Waals surface area (Å²) in [6.07, 6.45) is 0. The number of halogens is 1. The average Bonchev–Trinajstić information content (AvgIpc) is 2.76. The van der Waals surface area contributed by atoms with Crippen molar-refractivity contribution in [3.63, 3.8) is 0 Å². The van der Waals surface area contributed by atoms with E-state index in [0.29, 0.717) is 0 Å². The molecule has 1 aromatic carbocycles. The van der Waals surface area contributed by atoms with E-state index in [4.69, 9.17) is 17.3 Å². The Morgan fingerprint density at radius 1 is 1.37 bits per heavy atom. The third kappa shape index (κ3) is 4.49. The van der Waals surface area contributed by atoms with Crippen LogP contribution in [0.25, 0.3) is 10.6 Å². The average molecular weight is 313 g/mol. The van der Waals surface area contributed by atoms with Crippen molar-refractivity contribution in [1.82, 2.24) is 4.98 Å². The lowest BCUT2D eigenvalue weighted by Gasteiger charge is -2.16. The molecule has 19 heavy (non-hydrogen) atoms. The standard InChI is InChI=1S/C14H17ClN2S2/c1-14(2,16)9-18-7-10-8-19-13(17-10)11-5-3-4-6-12(11)15/h3-6,8H,7,9,16H2,1-2H3. The van der Waals surface area contributed by atoms with Gasteiger partial charge in [-0.2, -0.15) is 11.8 Å². The van der Waals surface area contributed by atoms with Gasteiger partial charge in [0.1, 0.15) is 5.01 Å². The molecule has 0 unspecified atom stereocenters. The van der Waals surface area contributed by atoms with E-state index in [9.17, 15) is 0 Å². The number of rotatable bonds is 5. The van der Waals surface area contributed by atoms with E-state index in [1.807, 2.05) is 49.9 Å². The first-order valence-corrected chi connectivity index (χ1v) is 8.43. The number of benzene rings is 1. The van der Waals surface area contributed by atoms with Gasteiger partial charge in [0.05, 0.1) is 10.7 Å². The summed E-state index contributed by atoms with van der Waals surface area (Å²) in [7, 11) is 0. The third-order valence-corrected chi connectivity index (χ3v) is 5.08. The molecule has 0 aliphatic carbocycles. The molecule has 0 atom stereocenters. The molecule has 1 aromatic heterocycles. The summed E-state index contributed by atoms with van der Waals surface area (Å²) in [6, 6.07) is 7.80. The number of nitrogens with two attached hydrogens (primary N) is 1. The van der Waals surface area contributed by atoms with E-state index in [-0.39, 0.29) is 5.54 Å². The maximum atomic E-state index is 6.18. The molecule has 2 rings (SSSR count). The second-order valence-electron chi connectivity index (χ2n) is 5.11. The smallest absolute Gasteiger partial charge is 0.125 e. The fraction of sp³-hybridized carbons (Fsp3) is 0.357. The first kappa shape index (κ1) is 14.9. The second-order valence-corrected chi connectivity index (χ2v) is 7.36. The first-order valence-electron chi connectivity index (χ1n) is 6.02. The minimum Gasteiger partial charge on any atom is -0.325 e. The highest BCUT2D eigenvalue weighted by molar-refractivity contribution is 7.98. The summed E-state index contributed by atoms with van der Waals surface area (Å²) in [4.78, 5) is 4.63. The molecule has 0 amide bonds. The summed E-state index contributed by atoms with van der Waals surface area (Å²) in [5, 5.41) is 3.82. The van der Waals surface area contributed by atoms with Gasteiger partial charge in [-0.25, -0.2) is 4.98 Å². The lowest BCUT2D eigenvalue weighted by atomic mass is 10.1. The van der Waals surface area contributed by atoms with Gasteiger partial charge in [-0.3, -0.25) is 0 Å². The van der Waals surface area contributed by atoms with Gasteiger partial charge < -0.3 is 5.73 Å². The predicted octanol–water partition coefficient (Wildman–Crippen LogP) is 4.43. The van der Waals surface area contributed by atoms with Crippen LogP contribution in [0.1, 0.15) is 19.5 Å². The van der Waals surface area contributed by atoms with Crippen LogP contribution >= 0.6 is 34.7 Å². The minimum absolute atomic E-state index is 0.133. The van der Waals surface area contributed by atoms with Crippen LogP contribution in [0.5, 0.6) is 0 Å². The molecule has 0 fully saturated rings. The zero-order valence-electron chi connectivity index (χ0n) is 11.0.